The number of aryl methyl sites for hydroxylation is 1. The third-order valence-corrected chi connectivity index (χ3v) is 3.21. The van der Waals surface area contributed by atoms with Gasteiger partial charge in [0.1, 0.15) is 0 Å². The maximum atomic E-state index is 4.38. The van der Waals surface area contributed by atoms with Crippen LogP contribution in [0.3, 0.4) is 0 Å². The lowest BCUT2D eigenvalue weighted by Gasteiger charge is -2.19. The molecule has 0 radical (unpaired) electrons. The third kappa shape index (κ3) is 3.25. The quantitative estimate of drug-likeness (QED) is 0.904. The Kier molecular flexibility index (Phi) is 4.05. The first-order valence-corrected chi connectivity index (χ1v) is 6.53. The summed E-state index contributed by atoms with van der Waals surface area (Å²) in [6.45, 7) is 4.25. The molecule has 0 saturated carbocycles. The number of hydrogen-bond donors (Lipinski definition) is 1. The fraction of sp³-hybridized carbons (Fsp3) is 0.312. The zero-order chi connectivity index (χ0) is 13.8. The zero-order valence-corrected chi connectivity index (χ0v) is 12.0. The van der Waals surface area contributed by atoms with Crippen molar-refractivity contribution < 1.29 is 0 Å². The molecule has 2 rings (SSSR count). The molecular formula is C16H21N3. The van der Waals surface area contributed by atoms with Crippen molar-refractivity contribution in [2.75, 3.05) is 24.3 Å². The summed E-state index contributed by atoms with van der Waals surface area (Å²) in [6, 6.07) is 12.6. The number of aromatic nitrogens is 1. The van der Waals surface area contributed by atoms with Crippen LogP contribution in [0.1, 0.15) is 24.2 Å². The minimum Gasteiger partial charge on any atom is -0.377 e. The van der Waals surface area contributed by atoms with Crippen molar-refractivity contribution in [3.63, 3.8) is 0 Å². The Labute approximate surface area is 115 Å². The largest absolute Gasteiger partial charge is 0.377 e. The molecule has 100 valence electrons. The normalized spacial score (nSPS) is 12.0. The highest BCUT2D eigenvalue weighted by atomic mass is 15.1. The second kappa shape index (κ2) is 5.74. The number of hydrogen-bond acceptors (Lipinski definition) is 3. The Balaban J connectivity index is 2.18. The standard InChI is InChI=1S/C16H21N3/c1-12-8-9-14(11-16(12)19(3)4)18-13(2)15-7-5-6-10-17-15/h5-11,13,18H,1-4H3. The van der Waals surface area contributed by atoms with Gasteiger partial charge in [-0.3, -0.25) is 4.98 Å². The first-order chi connectivity index (χ1) is 9.08. The van der Waals surface area contributed by atoms with Crippen molar-refractivity contribution in [1.29, 1.82) is 0 Å². The van der Waals surface area contributed by atoms with E-state index >= 15 is 0 Å². The predicted molar refractivity (Wildman–Crippen MR) is 81.8 cm³/mol. The van der Waals surface area contributed by atoms with Crippen LogP contribution < -0.4 is 10.2 Å². The number of nitrogens with zero attached hydrogens (tertiary/aromatic N) is 2. The summed E-state index contributed by atoms with van der Waals surface area (Å²) < 4.78 is 0. The van der Waals surface area contributed by atoms with Crippen LogP contribution in [0.5, 0.6) is 0 Å². The Morgan fingerprint density at radius 3 is 2.58 bits per heavy atom. The van der Waals surface area contributed by atoms with Crippen LogP contribution in [0, 0.1) is 6.92 Å². The molecule has 19 heavy (non-hydrogen) atoms. The number of nitrogens with one attached hydrogen (secondary N) is 1. The summed E-state index contributed by atoms with van der Waals surface area (Å²) in [5.74, 6) is 0. The van der Waals surface area contributed by atoms with Gasteiger partial charge in [-0.15, -0.1) is 0 Å². The topological polar surface area (TPSA) is 28.2 Å². The molecule has 3 heteroatoms. The van der Waals surface area contributed by atoms with Crippen LogP contribution in [-0.2, 0) is 0 Å². The molecule has 0 bridgehead atoms. The van der Waals surface area contributed by atoms with E-state index in [0.29, 0.717) is 0 Å². The average molecular weight is 255 g/mol. The molecule has 3 nitrogen and oxygen atoms in total. The molecule has 2 aromatic rings. The van der Waals surface area contributed by atoms with Gasteiger partial charge >= 0.3 is 0 Å². The second-order valence-corrected chi connectivity index (χ2v) is 5.02. The Bertz CT molecular complexity index is 535. The van der Waals surface area contributed by atoms with Gasteiger partial charge in [-0.25, -0.2) is 0 Å². The molecule has 1 N–H and O–H groups in total. The lowest BCUT2D eigenvalue weighted by Crippen LogP contribution is -2.12. The fourth-order valence-electron chi connectivity index (χ4n) is 2.14. The van der Waals surface area contributed by atoms with Crippen molar-refractivity contribution in [3.8, 4) is 0 Å². The minimum atomic E-state index is 0.193. The van der Waals surface area contributed by atoms with Crippen molar-refractivity contribution in [3.05, 3.63) is 53.9 Å². The maximum Gasteiger partial charge on any atom is 0.0657 e. The van der Waals surface area contributed by atoms with E-state index in [9.17, 15) is 0 Å². The molecule has 0 fully saturated rings. The highest BCUT2D eigenvalue weighted by molar-refractivity contribution is 5.62. The van der Waals surface area contributed by atoms with E-state index < -0.39 is 0 Å². The van der Waals surface area contributed by atoms with Gasteiger partial charge in [-0.1, -0.05) is 12.1 Å². The summed E-state index contributed by atoms with van der Waals surface area (Å²) in [4.78, 5) is 6.51. The number of pyridine rings is 1. The van der Waals surface area contributed by atoms with Crippen LogP contribution in [0.15, 0.2) is 42.6 Å². The number of rotatable bonds is 4. The predicted octanol–water partition coefficient (Wildman–Crippen LogP) is 3.63. The molecule has 1 aromatic carbocycles. The van der Waals surface area contributed by atoms with Crippen LogP contribution in [0.25, 0.3) is 0 Å². The van der Waals surface area contributed by atoms with Gasteiger partial charge in [0.25, 0.3) is 0 Å². The molecule has 1 heterocycles. The number of anilines is 2. The van der Waals surface area contributed by atoms with E-state index in [-0.39, 0.29) is 6.04 Å². The molecule has 1 atom stereocenters. The summed E-state index contributed by atoms with van der Waals surface area (Å²) >= 11 is 0. The lowest BCUT2D eigenvalue weighted by molar-refractivity contribution is 0.839. The zero-order valence-electron chi connectivity index (χ0n) is 12.0. The molecule has 0 spiro atoms. The molecule has 1 unspecified atom stereocenters. The number of benzene rings is 1. The minimum absolute atomic E-state index is 0.193. The maximum absolute atomic E-state index is 4.38. The van der Waals surface area contributed by atoms with Gasteiger partial charge in [0.2, 0.25) is 0 Å². The average Bonchev–Trinajstić information content (AvgIpc) is 2.41. The summed E-state index contributed by atoms with van der Waals surface area (Å²) in [6.07, 6.45) is 1.83. The first kappa shape index (κ1) is 13.4. The second-order valence-electron chi connectivity index (χ2n) is 5.02. The van der Waals surface area contributed by atoms with Crippen LogP contribution >= 0.6 is 0 Å². The molecule has 1 aromatic heterocycles. The van der Waals surface area contributed by atoms with E-state index in [4.69, 9.17) is 0 Å². The molecule has 0 aliphatic rings. The van der Waals surface area contributed by atoms with Crippen molar-refractivity contribution in [1.82, 2.24) is 4.98 Å². The van der Waals surface area contributed by atoms with Gasteiger partial charge < -0.3 is 10.2 Å². The van der Waals surface area contributed by atoms with Gasteiger partial charge in [-0.05, 0) is 43.7 Å². The van der Waals surface area contributed by atoms with E-state index in [1.54, 1.807) is 0 Å². The Morgan fingerprint density at radius 2 is 1.95 bits per heavy atom. The van der Waals surface area contributed by atoms with Crippen LogP contribution in [-0.4, -0.2) is 19.1 Å². The lowest BCUT2D eigenvalue weighted by atomic mass is 10.1. The van der Waals surface area contributed by atoms with E-state index in [1.165, 1.54) is 11.3 Å². The van der Waals surface area contributed by atoms with E-state index in [0.717, 1.165) is 11.4 Å². The Hall–Kier alpha value is -2.03. The smallest absolute Gasteiger partial charge is 0.0657 e. The summed E-state index contributed by atoms with van der Waals surface area (Å²) in [7, 11) is 4.13. The highest BCUT2D eigenvalue weighted by Gasteiger charge is 2.08. The monoisotopic (exact) mass is 255 g/mol. The Morgan fingerprint density at radius 1 is 1.16 bits per heavy atom. The molecule has 0 amide bonds. The molecule has 0 saturated heterocycles. The van der Waals surface area contributed by atoms with Crippen LogP contribution in [0.4, 0.5) is 11.4 Å². The van der Waals surface area contributed by atoms with Gasteiger partial charge in [-0.2, -0.15) is 0 Å². The SMILES string of the molecule is Cc1ccc(NC(C)c2ccccn2)cc1N(C)C. The van der Waals surface area contributed by atoms with Crippen molar-refractivity contribution >= 4 is 11.4 Å². The molecule has 0 aliphatic carbocycles. The van der Waals surface area contributed by atoms with Crippen molar-refractivity contribution in [2.24, 2.45) is 0 Å². The summed E-state index contributed by atoms with van der Waals surface area (Å²) in [5.41, 5.74) is 4.68. The third-order valence-electron chi connectivity index (χ3n) is 3.21. The van der Waals surface area contributed by atoms with Gasteiger partial charge in [0, 0.05) is 31.7 Å². The highest BCUT2D eigenvalue weighted by Crippen LogP contribution is 2.25. The van der Waals surface area contributed by atoms with E-state index in [2.05, 4.69) is 61.3 Å². The first-order valence-electron chi connectivity index (χ1n) is 6.53. The van der Waals surface area contributed by atoms with Gasteiger partial charge in [0.15, 0.2) is 0 Å². The van der Waals surface area contributed by atoms with Crippen LogP contribution in [0.2, 0.25) is 0 Å². The summed E-state index contributed by atoms with van der Waals surface area (Å²) in [5, 5.41) is 3.49. The molecular weight excluding hydrogens is 234 g/mol. The van der Waals surface area contributed by atoms with Crippen molar-refractivity contribution in [2.45, 2.75) is 19.9 Å². The van der Waals surface area contributed by atoms with E-state index in [1.807, 2.05) is 24.4 Å². The van der Waals surface area contributed by atoms with Gasteiger partial charge in [0.05, 0.1) is 11.7 Å². The molecule has 0 aliphatic heterocycles. The fourth-order valence-corrected chi connectivity index (χ4v) is 2.14.